The molecular weight excluding hydrogens is 298 g/mol. The van der Waals surface area contributed by atoms with Gasteiger partial charge in [-0.1, -0.05) is 25.0 Å². The number of para-hydroxylation sites is 1. The van der Waals surface area contributed by atoms with E-state index in [0.29, 0.717) is 5.95 Å². The van der Waals surface area contributed by atoms with Crippen molar-refractivity contribution in [2.75, 3.05) is 23.3 Å². The number of hydrogen-bond donors (Lipinski definition) is 1. The molecule has 0 amide bonds. The molecule has 2 aromatic heterocycles. The Morgan fingerprint density at radius 2 is 1.71 bits per heavy atom. The van der Waals surface area contributed by atoms with E-state index in [1.807, 2.05) is 24.3 Å². The topological polar surface area (TPSA) is 53.9 Å². The molecule has 3 heterocycles. The molecular formula is C19H21N5. The Morgan fingerprint density at radius 3 is 2.50 bits per heavy atom. The summed E-state index contributed by atoms with van der Waals surface area (Å²) in [6.45, 7) is 2.13. The summed E-state index contributed by atoms with van der Waals surface area (Å²) in [7, 11) is 0. The van der Waals surface area contributed by atoms with E-state index in [9.17, 15) is 0 Å². The van der Waals surface area contributed by atoms with Crippen molar-refractivity contribution in [1.82, 2.24) is 15.0 Å². The van der Waals surface area contributed by atoms with Gasteiger partial charge in [0, 0.05) is 24.7 Å². The van der Waals surface area contributed by atoms with Crippen LogP contribution in [-0.2, 0) is 0 Å². The molecule has 0 spiro atoms. The third-order valence-corrected chi connectivity index (χ3v) is 4.41. The summed E-state index contributed by atoms with van der Waals surface area (Å²) in [5.74, 6) is 1.66. The number of nitrogens with zero attached hydrogens (tertiary/aromatic N) is 4. The van der Waals surface area contributed by atoms with Crippen LogP contribution in [0.25, 0.3) is 10.9 Å². The highest BCUT2D eigenvalue weighted by molar-refractivity contribution is 5.90. The minimum atomic E-state index is 0.626. The number of rotatable bonds is 3. The minimum absolute atomic E-state index is 0.626. The van der Waals surface area contributed by atoms with Gasteiger partial charge in [0.1, 0.15) is 5.82 Å². The van der Waals surface area contributed by atoms with Crippen LogP contribution in [0.5, 0.6) is 0 Å². The van der Waals surface area contributed by atoms with Gasteiger partial charge in [-0.3, -0.25) is 4.98 Å². The zero-order valence-electron chi connectivity index (χ0n) is 13.7. The lowest BCUT2D eigenvalue weighted by Gasteiger charge is -2.23. The number of aromatic nitrogens is 3. The maximum Gasteiger partial charge on any atom is 0.229 e. The number of fused-ring (bicyclic) bond motifs is 1. The summed E-state index contributed by atoms with van der Waals surface area (Å²) in [5.41, 5.74) is 1.87. The first-order chi connectivity index (χ1) is 11.9. The Labute approximate surface area is 141 Å². The van der Waals surface area contributed by atoms with E-state index >= 15 is 0 Å². The van der Waals surface area contributed by atoms with Crippen molar-refractivity contribution >= 4 is 28.4 Å². The molecule has 1 aliphatic heterocycles. The van der Waals surface area contributed by atoms with Crippen molar-refractivity contribution in [3.8, 4) is 0 Å². The highest BCUT2D eigenvalue weighted by Gasteiger charge is 2.16. The second kappa shape index (κ2) is 6.83. The summed E-state index contributed by atoms with van der Waals surface area (Å²) in [6, 6.07) is 12.1. The molecule has 0 unspecified atom stereocenters. The van der Waals surface area contributed by atoms with Crippen LogP contribution in [0, 0.1) is 0 Å². The van der Waals surface area contributed by atoms with E-state index in [0.717, 1.165) is 35.5 Å². The lowest BCUT2D eigenvalue weighted by molar-refractivity contribution is 0.726. The van der Waals surface area contributed by atoms with Crippen LogP contribution >= 0.6 is 0 Å². The maximum absolute atomic E-state index is 4.84. The van der Waals surface area contributed by atoms with Gasteiger partial charge in [-0.2, -0.15) is 4.98 Å². The quantitative estimate of drug-likeness (QED) is 0.786. The fraction of sp³-hybridized carbons (Fsp3) is 0.316. The molecule has 5 heteroatoms. The molecule has 3 aromatic rings. The van der Waals surface area contributed by atoms with Crippen molar-refractivity contribution in [3.63, 3.8) is 0 Å². The van der Waals surface area contributed by atoms with E-state index < -0.39 is 0 Å². The average molecular weight is 319 g/mol. The van der Waals surface area contributed by atoms with E-state index in [4.69, 9.17) is 4.98 Å². The monoisotopic (exact) mass is 319 g/mol. The van der Waals surface area contributed by atoms with Crippen molar-refractivity contribution in [3.05, 3.63) is 48.8 Å². The fourth-order valence-electron chi connectivity index (χ4n) is 3.21. The first kappa shape index (κ1) is 14.9. The molecule has 24 heavy (non-hydrogen) atoms. The van der Waals surface area contributed by atoms with Gasteiger partial charge in [-0.15, -0.1) is 0 Å². The maximum atomic E-state index is 4.84. The Bertz CT molecular complexity index is 810. The van der Waals surface area contributed by atoms with Gasteiger partial charge in [0.15, 0.2) is 0 Å². The Kier molecular flexibility index (Phi) is 4.23. The first-order valence-electron chi connectivity index (χ1n) is 8.59. The third-order valence-electron chi connectivity index (χ3n) is 4.41. The Balaban J connectivity index is 1.75. The van der Waals surface area contributed by atoms with Crippen LogP contribution in [0.2, 0.25) is 0 Å². The SMILES string of the molecule is c1cncc(Nc2nc(N3CCCCCC3)c3ccccc3n2)c1. The molecule has 0 aliphatic carbocycles. The number of pyridine rings is 1. The zero-order chi connectivity index (χ0) is 16.2. The smallest absolute Gasteiger partial charge is 0.229 e. The molecule has 1 N–H and O–H groups in total. The average Bonchev–Trinajstić information content (AvgIpc) is 2.91. The number of hydrogen-bond acceptors (Lipinski definition) is 5. The Hall–Kier alpha value is -2.69. The third kappa shape index (κ3) is 3.15. The fourth-order valence-corrected chi connectivity index (χ4v) is 3.21. The van der Waals surface area contributed by atoms with Gasteiger partial charge in [0.25, 0.3) is 0 Å². The molecule has 0 radical (unpaired) electrons. The van der Waals surface area contributed by atoms with Gasteiger partial charge < -0.3 is 10.2 Å². The van der Waals surface area contributed by atoms with Gasteiger partial charge in [-0.05, 0) is 37.1 Å². The molecule has 0 saturated carbocycles. The van der Waals surface area contributed by atoms with Gasteiger partial charge in [0.2, 0.25) is 5.95 Å². The standard InChI is InChI=1S/C19H21N5/c1-2-6-13-24(12-5-1)18-16-9-3-4-10-17(16)22-19(23-18)21-15-8-7-11-20-14-15/h3-4,7-11,14H,1-2,5-6,12-13H2,(H,21,22,23). The summed E-state index contributed by atoms with van der Waals surface area (Å²) in [4.78, 5) is 16.1. The molecule has 1 aromatic carbocycles. The molecule has 1 saturated heterocycles. The lowest BCUT2D eigenvalue weighted by atomic mass is 10.2. The summed E-state index contributed by atoms with van der Waals surface area (Å²) >= 11 is 0. The molecule has 122 valence electrons. The molecule has 0 atom stereocenters. The molecule has 0 bridgehead atoms. The van der Waals surface area contributed by atoms with Gasteiger partial charge in [-0.25, -0.2) is 4.98 Å². The predicted molar refractivity (Wildman–Crippen MR) is 97.7 cm³/mol. The van der Waals surface area contributed by atoms with E-state index in [2.05, 4.69) is 32.3 Å². The van der Waals surface area contributed by atoms with Crippen LogP contribution in [0.15, 0.2) is 48.8 Å². The van der Waals surface area contributed by atoms with E-state index in [1.165, 1.54) is 25.7 Å². The lowest BCUT2D eigenvalue weighted by Crippen LogP contribution is -2.25. The number of nitrogens with one attached hydrogen (secondary N) is 1. The normalized spacial score (nSPS) is 15.2. The molecule has 1 aliphatic rings. The van der Waals surface area contributed by atoms with Crippen molar-refractivity contribution in [1.29, 1.82) is 0 Å². The van der Waals surface area contributed by atoms with E-state index in [-0.39, 0.29) is 0 Å². The van der Waals surface area contributed by atoms with Crippen molar-refractivity contribution in [2.24, 2.45) is 0 Å². The summed E-state index contributed by atoms with van der Waals surface area (Å²) < 4.78 is 0. The van der Waals surface area contributed by atoms with Crippen LogP contribution in [0.4, 0.5) is 17.5 Å². The number of benzene rings is 1. The van der Waals surface area contributed by atoms with Crippen LogP contribution in [0.1, 0.15) is 25.7 Å². The van der Waals surface area contributed by atoms with E-state index in [1.54, 1.807) is 12.4 Å². The summed E-state index contributed by atoms with van der Waals surface area (Å²) in [6.07, 6.45) is 8.60. The second-order valence-corrected chi connectivity index (χ2v) is 6.16. The second-order valence-electron chi connectivity index (χ2n) is 6.16. The van der Waals surface area contributed by atoms with Crippen molar-refractivity contribution < 1.29 is 0 Å². The highest BCUT2D eigenvalue weighted by atomic mass is 15.2. The van der Waals surface area contributed by atoms with Crippen LogP contribution in [-0.4, -0.2) is 28.0 Å². The number of anilines is 3. The van der Waals surface area contributed by atoms with Gasteiger partial charge in [0.05, 0.1) is 17.4 Å². The van der Waals surface area contributed by atoms with Crippen LogP contribution in [0.3, 0.4) is 0 Å². The zero-order valence-corrected chi connectivity index (χ0v) is 13.7. The highest BCUT2D eigenvalue weighted by Crippen LogP contribution is 2.28. The van der Waals surface area contributed by atoms with Gasteiger partial charge >= 0.3 is 0 Å². The first-order valence-corrected chi connectivity index (χ1v) is 8.59. The predicted octanol–water partition coefficient (Wildman–Crippen LogP) is 4.15. The molecule has 4 rings (SSSR count). The molecule has 5 nitrogen and oxygen atoms in total. The van der Waals surface area contributed by atoms with Crippen molar-refractivity contribution in [2.45, 2.75) is 25.7 Å². The minimum Gasteiger partial charge on any atom is -0.356 e. The van der Waals surface area contributed by atoms with Crippen LogP contribution < -0.4 is 10.2 Å². The largest absolute Gasteiger partial charge is 0.356 e. The Morgan fingerprint density at radius 1 is 0.875 bits per heavy atom. The molecule has 1 fully saturated rings. The summed E-state index contributed by atoms with van der Waals surface area (Å²) in [5, 5.41) is 4.40.